The van der Waals surface area contributed by atoms with E-state index in [0.29, 0.717) is 78.1 Å². The average Bonchev–Trinajstić information content (AvgIpc) is 2.79. The molecule has 0 aromatic carbocycles. The van der Waals surface area contributed by atoms with Gasteiger partial charge in [-0.25, -0.2) is 0 Å². The molecule has 5 N–H and O–H groups in total. The molecule has 0 aromatic rings. The maximum Gasteiger partial charge on any atom is 0.320 e. The number of Topliss-reactive ketones (excluding diaryl/α,β-unsaturated/α-hetero) is 1. The van der Waals surface area contributed by atoms with E-state index in [2.05, 4.69) is 10.6 Å². The number of nitrogens with one attached hydrogen (secondary N) is 2. The summed E-state index contributed by atoms with van der Waals surface area (Å²) in [5, 5.41) is 14.0. The lowest BCUT2D eigenvalue weighted by molar-refractivity contribution is -0.138. The Labute approximate surface area is 196 Å². The van der Waals surface area contributed by atoms with Crippen LogP contribution in [0.3, 0.4) is 0 Å². The summed E-state index contributed by atoms with van der Waals surface area (Å²) < 4.78 is 15.9. The van der Waals surface area contributed by atoms with Crippen LogP contribution < -0.4 is 16.4 Å². The minimum atomic E-state index is -1.01. The summed E-state index contributed by atoms with van der Waals surface area (Å²) in [5.41, 5.74) is 5.42. The van der Waals surface area contributed by atoms with Crippen molar-refractivity contribution in [3.63, 3.8) is 0 Å². The number of ether oxygens (including phenoxy) is 3. The summed E-state index contributed by atoms with van der Waals surface area (Å²) in [5.74, 6) is -1.19. The number of carbonyl (C=O) groups is 4. The number of hydrogen-bond donors (Lipinski definition) is 4. The molecule has 0 unspecified atom stereocenters. The molecule has 0 saturated heterocycles. The Morgan fingerprint density at radius 2 is 1.45 bits per heavy atom. The van der Waals surface area contributed by atoms with Gasteiger partial charge in [0, 0.05) is 38.8 Å². The van der Waals surface area contributed by atoms with Crippen molar-refractivity contribution in [2.75, 3.05) is 46.3 Å². The molecule has 0 heterocycles. The van der Waals surface area contributed by atoms with Gasteiger partial charge in [0.15, 0.2) is 0 Å². The zero-order chi connectivity index (χ0) is 24.7. The number of unbranched alkanes of at least 4 members (excludes halogenated alkanes) is 2. The maximum atomic E-state index is 11.8. The number of amides is 2. The van der Waals surface area contributed by atoms with Gasteiger partial charge < -0.3 is 35.7 Å². The van der Waals surface area contributed by atoms with Crippen molar-refractivity contribution < 1.29 is 38.5 Å². The van der Waals surface area contributed by atoms with Gasteiger partial charge in [0.2, 0.25) is 11.8 Å². The smallest absolute Gasteiger partial charge is 0.320 e. The lowest BCUT2D eigenvalue weighted by Crippen LogP contribution is -2.29. The van der Waals surface area contributed by atoms with Crippen molar-refractivity contribution in [1.29, 1.82) is 0 Å². The van der Waals surface area contributed by atoms with E-state index in [-0.39, 0.29) is 37.2 Å². The van der Waals surface area contributed by atoms with Gasteiger partial charge in [0.05, 0.1) is 26.4 Å². The third-order valence-corrected chi connectivity index (χ3v) is 4.64. The van der Waals surface area contributed by atoms with Crippen LogP contribution in [0.1, 0.15) is 64.7 Å². The predicted molar refractivity (Wildman–Crippen MR) is 121 cm³/mol. The molecule has 11 heteroatoms. The molecule has 0 bridgehead atoms. The molecule has 11 nitrogen and oxygen atoms in total. The molecule has 0 aliphatic heterocycles. The molecule has 0 saturated carbocycles. The van der Waals surface area contributed by atoms with E-state index in [9.17, 15) is 19.2 Å². The van der Waals surface area contributed by atoms with E-state index >= 15 is 0 Å². The van der Waals surface area contributed by atoms with Crippen LogP contribution in [-0.2, 0) is 33.4 Å². The summed E-state index contributed by atoms with van der Waals surface area (Å²) >= 11 is 0. The fourth-order valence-corrected chi connectivity index (χ4v) is 2.62. The van der Waals surface area contributed by atoms with Crippen molar-refractivity contribution in [1.82, 2.24) is 10.6 Å². The first-order valence-electron chi connectivity index (χ1n) is 11.6. The van der Waals surface area contributed by atoms with Crippen molar-refractivity contribution in [3.8, 4) is 0 Å². The minimum absolute atomic E-state index is 0.0344. The zero-order valence-corrected chi connectivity index (χ0v) is 19.8. The molecule has 0 aliphatic carbocycles. The molecule has 0 aromatic heterocycles. The Kier molecular flexibility index (Phi) is 20.4. The van der Waals surface area contributed by atoms with Crippen LogP contribution in [0.4, 0.5) is 0 Å². The molecular formula is C22H41N3O8. The lowest BCUT2D eigenvalue weighted by Gasteiger charge is -2.08. The summed E-state index contributed by atoms with van der Waals surface area (Å²) in [6.45, 7) is 4.61. The molecule has 0 aliphatic rings. The first kappa shape index (κ1) is 30.9. The third-order valence-electron chi connectivity index (χ3n) is 4.64. The van der Waals surface area contributed by atoms with Crippen LogP contribution >= 0.6 is 0 Å². The van der Waals surface area contributed by atoms with Crippen molar-refractivity contribution in [3.05, 3.63) is 0 Å². The van der Waals surface area contributed by atoms with Crippen LogP contribution in [0.25, 0.3) is 0 Å². The number of rotatable bonds is 23. The molecule has 0 fully saturated rings. The molecule has 0 radical (unpaired) electrons. The van der Waals surface area contributed by atoms with Gasteiger partial charge in [-0.05, 0) is 19.3 Å². The van der Waals surface area contributed by atoms with E-state index in [1.165, 1.54) is 0 Å². The molecule has 192 valence electrons. The van der Waals surface area contributed by atoms with Crippen LogP contribution in [-0.4, -0.2) is 81.0 Å². The fourth-order valence-electron chi connectivity index (χ4n) is 2.62. The van der Waals surface area contributed by atoms with Crippen LogP contribution in [0, 0.1) is 0 Å². The Hall–Kier alpha value is -2.08. The third kappa shape index (κ3) is 21.5. The number of aliphatic carboxylic acids is 1. The predicted octanol–water partition coefficient (Wildman–Crippen LogP) is 0.738. The maximum absolute atomic E-state index is 11.8. The van der Waals surface area contributed by atoms with Crippen molar-refractivity contribution in [2.24, 2.45) is 5.73 Å². The summed E-state index contributed by atoms with van der Waals surface area (Å²) in [6.07, 6.45) is 4.37. The largest absolute Gasteiger partial charge is 0.480 e. The summed E-state index contributed by atoms with van der Waals surface area (Å²) in [6, 6.07) is -0.846. The Morgan fingerprint density at radius 3 is 2.12 bits per heavy atom. The van der Waals surface area contributed by atoms with E-state index < -0.39 is 12.0 Å². The number of ketones is 1. The highest BCUT2D eigenvalue weighted by atomic mass is 16.5. The molecule has 0 spiro atoms. The number of nitrogens with two attached hydrogens (primary N) is 1. The molecule has 1 atom stereocenters. The Morgan fingerprint density at radius 1 is 0.788 bits per heavy atom. The highest BCUT2D eigenvalue weighted by Gasteiger charge is 2.11. The summed E-state index contributed by atoms with van der Waals surface area (Å²) in [4.78, 5) is 45.2. The summed E-state index contributed by atoms with van der Waals surface area (Å²) in [7, 11) is 0. The van der Waals surface area contributed by atoms with Crippen molar-refractivity contribution >= 4 is 23.6 Å². The Balaban J connectivity index is 3.38. The second-order valence-electron chi connectivity index (χ2n) is 7.52. The number of carboxylic acids is 1. The van der Waals surface area contributed by atoms with E-state index in [1.807, 2.05) is 0 Å². The highest BCUT2D eigenvalue weighted by molar-refractivity contribution is 5.84. The number of carboxylic acid groups (broad SMARTS) is 1. The monoisotopic (exact) mass is 475 g/mol. The van der Waals surface area contributed by atoms with Gasteiger partial charge in [0.1, 0.15) is 18.6 Å². The normalized spacial score (nSPS) is 11.7. The SMILES string of the molecule is CCC(=O)NCOCCOCCOCCCNC(=O)CCC(=O)CCCCC[C@H](N)C(=O)O. The van der Waals surface area contributed by atoms with Gasteiger partial charge >= 0.3 is 5.97 Å². The molecular weight excluding hydrogens is 434 g/mol. The second-order valence-corrected chi connectivity index (χ2v) is 7.52. The topological polar surface area (TPSA) is 166 Å². The minimum Gasteiger partial charge on any atom is -0.480 e. The molecule has 2 amide bonds. The number of hydrogen-bond acceptors (Lipinski definition) is 8. The van der Waals surface area contributed by atoms with E-state index in [4.69, 9.17) is 25.1 Å². The standard InChI is InChI=1S/C22H41N3O8/c1-2-20(27)25-17-33-16-15-32-14-13-31-12-6-11-24-21(28)10-9-18(26)7-4-3-5-8-19(23)22(29)30/h19H,2-17,23H2,1H3,(H,24,28)(H,25,27)(H,29,30)/t19-/m0/s1. The van der Waals surface area contributed by atoms with Crippen LogP contribution in [0.2, 0.25) is 0 Å². The van der Waals surface area contributed by atoms with Crippen LogP contribution in [0.15, 0.2) is 0 Å². The first-order valence-corrected chi connectivity index (χ1v) is 11.6. The van der Waals surface area contributed by atoms with Crippen LogP contribution in [0.5, 0.6) is 0 Å². The molecule has 33 heavy (non-hydrogen) atoms. The van der Waals surface area contributed by atoms with E-state index in [1.54, 1.807) is 6.92 Å². The quantitative estimate of drug-likeness (QED) is 0.123. The van der Waals surface area contributed by atoms with Gasteiger partial charge in [-0.2, -0.15) is 0 Å². The highest BCUT2D eigenvalue weighted by Crippen LogP contribution is 2.07. The van der Waals surface area contributed by atoms with Gasteiger partial charge in [0.25, 0.3) is 0 Å². The van der Waals surface area contributed by atoms with Gasteiger partial charge in [-0.1, -0.05) is 19.8 Å². The van der Waals surface area contributed by atoms with E-state index in [0.717, 1.165) is 6.42 Å². The zero-order valence-electron chi connectivity index (χ0n) is 19.8. The van der Waals surface area contributed by atoms with Gasteiger partial charge in [-0.15, -0.1) is 0 Å². The second kappa shape index (κ2) is 21.7. The molecule has 0 rings (SSSR count). The van der Waals surface area contributed by atoms with Gasteiger partial charge in [-0.3, -0.25) is 19.2 Å². The fraction of sp³-hybridized carbons (Fsp3) is 0.818. The Bertz CT molecular complexity index is 560. The average molecular weight is 476 g/mol. The number of carbonyl (C=O) groups excluding carboxylic acids is 3. The first-order chi connectivity index (χ1) is 15.9. The van der Waals surface area contributed by atoms with Crippen molar-refractivity contribution in [2.45, 2.75) is 70.8 Å². The lowest BCUT2D eigenvalue weighted by atomic mass is 10.0.